The van der Waals surface area contributed by atoms with Crippen molar-refractivity contribution in [2.45, 2.75) is 0 Å². The Labute approximate surface area is 362 Å². The van der Waals surface area contributed by atoms with Crippen molar-refractivity contribution in [2.24, 2.45) is 0 Å². The van der Waals surface area contributed by atoms with Crippen molar-refractivity contribution >= 4 is 101 Å². The van der Waals surface area contributed by atoms with Crippen LogP contribution in [0.4, 0.5) is 32.8 Å². The third kappa shape index (κ3) is 6.90. The van der Waals surface area contributed by atoms with E-state index in [1.807, 2.05) is 158 Å². The molecule has 0 bridgehead atoms. The predicted octanol–water partition coefficient (Wildman–Crippen LogP) is 9.41. The smallest absolute Gasteiger partial charge is 0.270 e. The molecule has 290 valence electrons. The number of thiophene rings is 2. The summed E-state index contributed by atoms with van der Waals surface area (Å²) < 4.78 is 0. The van der Waals surface area contributed by atoms with E-state index in [-0.39, 0.29) is 53.8 Å². The third-order valence-electron chi connectivity index (χ3n) is 10.4. The molecular weight excluding hydrogens is 805 g/mol. The minimum absolute atomic E-state index is 0.134. The van der Waals surface area contributed by atoms with E-state index in [2.05, 4.69) is 19.5 Å². The lowest BCUT2D eigenvalue weighted by Crippen LogP contribution is -2.33. The minimum atomic E-state index is -0.442. The third-order valence-corrected chi connectivity index (χ3v) is 12.5. The molecule has 0 aliphatic rings. The first-order valence-corrected chi connectivity index (χ1v) is 20.8. The number of benzene rings is 5. The van der Waals surface area contributed by atoms with Crippen molar-refractivity contribution in [3.63, 3.8) is 0 Å². The lowest BCUT2D eigenvalue weighted by Gasteiger charge is -2.23. The zero-order valence-corrected chi connectivity index (χ0v) is 34.1. The first-order chi connectivity index (χ1) is 30.4. The molecule has 8 nitrogen and oxygen atoms in total. The highest BCUT2D eigenvalue weighted by Crippen LogP contribution is 2.40. The Hall–Kier alpha value is -8.64. The van der Waals surface area contributed by atoms with Gasteiger partial charge < -0.3 is 9.80 Å². The van der Waals surface area contributed by atoms with Gasteiger partial charge in [0.05, 0.1) is 25.3 Å². The summed E-state index contributed by atoms with van der Waals surface area (Å²) in [6, 6.07) is 54.3. The Morgan fingerprint density at radius 2 is 0.806 bits per heavy atom. The quantitative estimate of drug-likeness (QED) is 0.142. The van der Waals surface area contributed by atoms with Crippen LogP contribution in [0.3, 0.4) is 0 Å². The number of nitriles is 2. The molecule has 0 amide bonds. The highest BCUT2D eigenvalue weighted by molar-refractivity contribution is 7.17. The lowest BCUT2D eigenvalue weighted by molar-refractivity contribution is 1.32. The topological polar surface area (TPSA) is 96.9 Å². The second-order valence-electron chi connectivity index (χ2n) is 14.0. The van der Waals surface area contributed by atoms with E-state index in [9.17, 15) is 20.1 Å². The van der Waals surface area contributed by atoms with Gasteiger partial charge in [0.1, 0.15) is 10.0 Å². The molecule has 0 saturated carbocycles. The fourth-order valence-electron chi connectivity index (χ4n) is 7.74. The van der Waals surface area contributed by atoms with E-state index in [1.54, 1.807) is 12.2 Å². The number of fused-ring (bicyclic) bond motifs is 2. The molecule has 0 fully saturated rings. The number of nitrogens with zero attached hydrogens (tertiary/aromatic N) is 6. The molecule has 7 aromatic carbocycles. The van der Waals surface area contributed by atoms with Crippen molar-refractivity contribution in [3.05, 3.63) is 232 Å². The molecule has 0 N–H and O–H groups in total. The monoisotopic (exact) mass is 832 g/mol. The Morgan fingerprint density at radius 1 is 0.484 bits per heavy atom. The van der Waals surface area contributed by atoms with Gasteiger partial charge in [0.25, 0.3) is 11.4 Å². The molecular formula is C52H28N6O2S2. The predicted molar refractivity (Wildman–Crippen MR) is 251 cm³/mol. The van der Waals surface area contributed by atoms with E-state index in [0.717, 1.165) is 32.8 Å². The number of para-hydroxylation sites is 4. The summed E-state index contributed by atoms with van der Waals surface area (Å²) in [7, 11) is 0. The molecule has 0 spiro atoms. The lowest BCUT2D eigenvalue weighted by atomic mass is 10.1. The second kappa shape index (κ2) is 16.5. The molecule has 2 heterocycles. The van der Waals surface area contributed by atoms with Crippen LogP contribution in [-0.2, 0) is 0 Å². The van der Waals surface area contributed by atoms with Gasteiger partial charge in [-0.1, -0.05) is 72.8 Å². The Bertz CT molecular complexity index is 3370. The van der Waals surface area contributed by atoms with Gasteiger partial charge in [0, 0.05) is 64.2 Å². The number of hydrogen-bond donors (Lipinski definition) is 0. The van der Waals surface area contributed by atoms with Gasteiger partial charge >= 0.3 is 0 Å². The van der Waals surface area contributed by atoms with E-state index in [0.29, 0.717) is 9.75 Å². The summed E-state index contributed by atoms with van der Waals surface area (Å²) in [6.45, 7) is 15.9. The van der Waals surface area contributed by atoms with Crippen LogP contribution in [0.1, 0.15) is 9.75 Å². The summed E-state index contributed by atoms with van der Waals surface area (Å²) in [5.74, 6) is 0. The fraction of sp³-hybridized carbons (Fsp3) is 0. The molecule has 2 aromatic heterocycles. The van der Waals surface area contributed by atoms with E-state index in [1.165, 1.54) is 34.8 Å². The standard InChI is InChI=1S/C52H28N6O2S2/c1-55-45(31-53)49-39-29-42-40(30-41(39)51(59)43(49)27-37-23-25-47(61-37)57(33-15-7-3-8-16-33)34-17-9-4-10-18-34)50(46(32-54)56-2)44(52(42)60)28-38-24-26-48(62-38)58(35-19-11-5-12-20-35)36-21-13-6-14-22-36/h3-30H/b43-27-,44-28-,49-45-,50-46+. The maximum absolute atomic E-state index is 14.5. The van der Waals surface area contributed by atoms with Crippen molar-refractivity contribution in [2.75, 3.05) is 9.80 Å². The van der Waals surface area contributed by atoms with Crippen LogP contribution in [0.2, 0.25) is 0 Å². The molecule has 0 atom stereocenters. The minimum Gasteiger partial charge on any atom is -0.302 e. The van der Waals surface area contributed by atoms with Crippen molar-refractivity contribution in [1.29, 1.82) is 10.5 Å². The molecule has 0 radical (unpaired) electrons. The number of hydrogen-bond acceptors (Lipinski definition) is 8. The zero-order valence-electron chi connectivity index (χ0n) is 32.5. The average Bonchev–Trinajstić information content (AvgIpc) is 4.09. The highest BCUT2D eigenvalue weighted by atomic mass is 32.1. The van der Waals surface area contributed by atoms with Crippen molar-refractivity contribution in [3.8, 4) is 12.1 Å². The second-order valence-corrected chi connectivity index (χ2v) is 16.2. The van der Waals surface area contributed by atoms with E-state index >= 15 is 0 Å². The summed E-state index contributed by atoms with van der Waals surface area (Å²) in [5.41, 5.74) is 2.30. The maximum Gasteiger partial charge on any atom is 0.270 e. The van der Waals surface area contributed by atoms with Crippen LogP contribution in [-0.4, -0.2) is 0 Å². The summed E-state index contributed by atoms with van der Waals surface area (Å²) in [6.07, 6.45) is 3.36. The first-order valence-electron chi connectivity index (χ1n) is 19.2. The van der Waals surface area contributed by atoms with Crippen LogP contribution in [0.25, 0.3) is 54.8 Å². The largest absolute Gasteiger partial charge is 0.302 e. The molecule has 0 aliphatic heterocycles. The van der Waals surface area contributed by atoms with E-state index in [4.69, 9.17) is 13.1 Å². The van der Waals surface area contributed by atoms with Gasteiger partial charge in [-0.05, 0) is 108 Å². The molecule has 0 aliphatic carbocycles. The molecule has 9 rings (SSSR count). The number of rotatable bonds is 8. The van der Waals surface area contributed by atoms with Crippen LogP contribution in [0.5, 0.6) is 0 Å². The van der Waals surface area contributed by atoms with Gasteiger partial charge in [-0.25, -0.2) is 20.2 Å². The Balaban J connectivity index is 1.24. The SMILES string of the molecule is [C-]#[N+]/C(C#N)=c1\c(=C\c2ccc(N(c3ccccc3)c3ccccc3)s2)c(=O)c2cc3c(=C(/C#N)[N+]#[C-])/c(=C/c4ccc(N(c5ccccc5)c5ccccc5)s4)c(=O)c3cc12. The normalized spacial score (nSPS) is 12.6. The summed E-state index contributed by atoms with van der Waals surface area (Å²) >= 11 is 2.87. The highest BCUT2D eigenvalue weighted by Gasteiger charge is 2.20. The van der Waals surface area contributed by atoms with Crippen molar-refractivity contribution in [1.82, 2.24) is 0 Å². The summed E-state index contributed by atoms with van der Waals surface area (Å²) in [5, 5.41) is 23.6. The Morgan fingerprint density at radius 3 is 1.10 bits per heavy atom. The van der Waals surface area contributed by atoms with Crippen LogP contribution < -0.4 is 41.5 Å². The fourth-order valence-corrected chi connectivity index (χ4v) is 9.72. The number of anilines is 6. The molecule has 10 heteroatoms. The van der Waals surface area contributed by atoms with Gasteiger partial charge in [-0.15, -0.1) is 22.7 Å². The van der Waals surface area contributed by atoms with Gasteiger partial charge in [-0.2, -0.15) is 0 Å². The van der Waals surface area contributed by atoms with Gasteiger partial charge in [0.15, 0.2) is 10.9 Å². The molecule has 9 aromatic rings. The maximum atomic E-state index is 14.5. The average molecular weight is 833 g/mol. The van der Waals surface area contributed by atoms with Gasteiger partial charge in [0.2, 0.25) is 0 Å². The first kappa shape index (κ1) is 38.9. The molecule has 0 saturated heterocycles. The zero-order chi connectivity index (χ0) is 42.7. The van der Waals surface area contributed by atoms with Crippen LogP contribution >= 0.6 is 22.7 Å². The van der Waals surface area contributed by atoms with Gasteiger partial charge in [-0.3, -0.25) is 9.59 Å². The Kier molecular flexibility index (Phi) is 10.4. The summed E-state index contributed by atoms with van der Waals surface area (Å²) in [4.78, 5) is 41.7. The molecule has 62 heavy (non-hydrogen) atoms. The van der Waals surface area contributed by atoms with E-state index < -0.39 is 10.9 Å². The van der Waals surface area contributed by atoms with Crippen LogP contribution in [0, 0.1) is 35.8 Å². The van der Waals surface area contributed by atoms with Crippen molar-refractivity contribution < 1.29 is 0 Å². The van der Waals surface area contributed by atoms with Crippen LogP contribution in [0.15, 0.2) is 167 Å². The molecule has 0 unspecified atom stereocenters.